The molecule has 34 nitrogen and oxygen atoms in total. The Morgan fingerprint density at radius 1 is 0.579 bits per heavy atom. The standard InChI is InChI=1S/C78H128N16O18S2/c1-10-13-53-68(104)92-63(43(5)96)74(110)89-59(65(79)102)39-114-38-47-15-11-14-46(30-47)37-113-29-27-60(99)91-64(77(6,7)8)75(111)88-56(32-45-19-23-51(98)24-20-45)70(106)86-58(34-49-36-80-40-83-49)71(107)93-62(42(4)95)73(109)87-57(33-48-35-82-66-52(48)16-12-28-81-66)72(108)94-78(9,41(2)3)76(112)90-54(25-26-61(100)101)67(103)85-55(69(105)84-53)31-44-17-21-50(97)22-18-44/h11,14-15,30,41-45,48-59,62-64,66,80-83,95-98H,10,12-13,16-29,31-40H2,1-9H3,(H2,79,102)(H,84,105)(H,85,103)(H,86,106)(H,87,109)(H,88,111)(H,89,110)(H,90,112)(H,91,99)(H,92,104)(H,93,107)(H,94,108)(H,100,101)/t42-,43-,44?,45?,48?,49?,50?,51?,52?,53+,54+,55+,56+,57+,58+,59+,62+,63+,64-,66?,78+/m1/s1. The summed E-state index contributed by atoms with van der Waals surface area (Å²) >= 11 is 2.74. The number of benzene rings is 1. The van der Waals surface area contributed by atoms with Gasteiger partial charge in [0.05, 0.1) is 30.6 Å². The lowest BCUT2D eigenvalue weighted by atomic mass is 9.82. The molecule has 7 rings (SSSR count). The number of nitrogens with two attached hydrogens (primary N) is 1. The first kappa shape index (κ1) is 93.9. The normalized spacial score (nSPS) is 33.0. The molecule has 640 valence electrons. The minimum Gasteiger partial charge on any atom is -0.481 e. The molecule has 114 heavy (non-hydrogen) atoms. The number of rotatable bonds is 17. The zero-order valence-corrected chi connectivity index (χ0v) is 69.1. The summed E-state index contributed by atoms with van der Waals surface area (Å²) in [4.78, 5) is 188. The molecule has 5 fully saturated rings. The Labute approximate surface area is 677 Å². The number of amides is 12. The second-order valence-electron chi connectivity index (χ2n) is 33.6. The highest BCUT2D eigenvalue weighted by molar-refractivity contribution is 7.98. The quantitative estimate of drug-likeness (QED) is 0.0855. The van der Waals surface area contributed by atoms with E-state index in [4.69, 9.17) is 5.73 Å². The molecule has 22 N–H and O–H groups in total. The van der Waals surface area contributed by atoms with Crippen molar-refractivity contribution in [3.05, 3.63) is 35.4 Å². The van der Waals surface area contributed by atoms with Crippen molar-refractivity contribution >= 4 is 100 Å². The number of aliphatic hydroxyl groups is 4. The van der Waals surface area contributed by atoms with E-state index in [-0.39, 0.29) is 80.5 Å². The van der Waals surface area contributed by atoms with Gasteiger partial charge in [0.15, 0.2) is 0 Å². The average Bonchev–Trinajstić information content (AvgIpc) is 1.54. The molecule has 3 saturated heterocycles. The number of carboxylic acid groups (broad SMARTS) is 1. The van der Waals surface area contributed by atoms with E-state index >= 15 is 24.0 Å². The van der Waals surface area contributed by atoms with Crippen LogP contribution < -0.4 is 85.5 Å². The molecule has 6 aliphatic rings. The number of aliphatic hydroxyl groups excluding tert-OH is 4. The van der Waals surface area contributed by atoms with Gasteiger partial charge in [-0.2, -0.15) is 23.5 Å². The molecule has 2 aliphatic carbocycles. The van der Waals surface area contributed by atoms with E-state index in [2.05, 4.69) is 79.8 Å². The van der Waals surface area contributed by atoms with Crippen molar-refractivity contribution in [2.75, 3.05) is 37.8 Å². The number of carboxylic acids is 1. The van der Waals surface area contributed by atoms with E-state index in [1.807, 2.05) is 24.3 Å². The molecule has 0 spiro atoms. The van der Waals surface area contributed by atoms with Crippen molar-refractivity contribution in [3.8, 4) is 0 Å². The fourth-order valence-corrected chi connectivity index (χ4v) is 17.6. The van der Waals surface area contributed by atoms with Crippen molar-refractivity contribution in [3.63, 3.8) is 0 Å². The number of carbonyl (C=O) groups is 13. The Hall–Kier alpha value is -7.29. The van der Waals surface area contributed by atoms with Crippen LogP contribution in [0.25, 0.3) is 0 Å². The highest BCUT2D eigenvalue weighted by Gasteiger charge is 2.47. The van der Waals surface area contributed by atoms with Crippen molar-refractivity contribution < 1.29 is 87.9 Å². The molecule has 4 unspecified atom stereocenters. The van der Waals surface area contributed by atoms with E-state index in [0.717, 1.165) is 30.5 Å². The van der Waals surface area contributed by atoms with Crippen LogP contribution in [0.4, 0.5) is 0 Å². The molecular weight excluding hydrogens is 1510 g/mol. The number of primary amides is 1. The van der Waals surface area contributed by atoms with Crippen LogP contribution in [0.3, 0.4) is 0 Å². The number of hydrogen-bond acceptors (Lipinski definition) is 23. The van der Waals surface area contributed by atoms with E-state index < -0.39 is 197 Å². The van der Waals surface area contributed by atoms with E-state index in [1.165, 1.54) is 44.3 Å². The largest absolute Gasteiger partial charge is 0.481 e. The molecule has 1 aromatic carbocycles. The van der Waals surface area contributed by atoms with Gasteiger partial charge < -0.3 is 111 Å². The molecule has 0 aromatic heterocycles. The molecule has 12 amide bonds. The summed E-state index contributed by atoms with van der Waals surface area (Å²) in [5, 5.41) is 97.0. The Kier molecular flexibility index (Phi) is 36.9. The number of aliphatic carboxylic acids is 1. The van der Waals surface area contributed by atoms with Crippen LogP contribution in [-0.2, 0) is 73.8 Å². The third kappa shape index (κ3) is 28.8. The second kappa shape index (κ2) is 44.9. The van der Waals surface area contributed by atoms with Crippen molar-refractivity contribution in [1.29, 1.82) is 0 Å². The maximum atomic E-state index is 15.4. The van der Waals surface area contributed by atoms with E-state index in [0.29, 0.717) is 88.4 Å². The molecular formula is C78H128N16O18S2. The summed E-state index contributed by atoms with van der Waals surface area (Å²) in [6, 6.07) is -7.58. The Balaban J connectivity index is 1.24. The van der Waals surface area contributed by atoms with E-state index in [1.54, 1.807) is 41.5 Å². The third-order valence-corrected chi connectivity index (χ3v) is 25.1. The zero-order valence-electron chi connectivity index (χ0n) is 67.5. The number of piperidine rings is 1. The topological polar surface area (TPSA) is 530 Å². The van der Waals surface area contributed by atoms with Crippen LogP contribution in [0.2, 0.25) is 0 Å². The lowest BCUT2D eigenvalue weighted by Gasteiger charge is -2.37. The third-order valence-electron chi connectivity index (χ3n) is 23.0. The highest BCUT2D eigenvalue weighted by atomic mass is 32.2. The summed E-state index contributed by atoms with van der Waals surface area (Å²) in [5.74, 6) is -12.2. The smallest absolute Gasteiger partial charge is 0.303 e. The first-order valence-electron chi connectivity index (χ1n) is 40.7. The van der Waals surface area contributed by atoms with Gasteiger partial charge in [0.2, 0.25) is 70.9 Å². The molecule has 2 bridgehead atoms. The summed E-state index contributed by atoms with van der Waals surface area (Å²) in [7, 11) is 0. The molecule has 1 aromatic rings. The lowest BCUT2D eigenvalue weighted by Crippen LogP contribution is -2.66. The van der Waals surface area contributed by atoms with Crippen molar-refractivity contribution in [2.24, 2.45) is 40.7 Å². The van der Waals surface area contributed by atoms with Crippen LogP contribution in [-0.4, -0.2) is 243 Å². The summed E-state index contributed by atoms with van der Waals surface area (Å²) in [5.41, 5.74) is 4.70. The Morgan fingerprint density at radius 3 is 1.62 bits per heavy atom. The number of nitrogens with one attached hydrogen (secondary N) is 15. The molecule has 4 heterocycles. The number of carbonyl (C=O) groups excluding carboxylic acids is 12. The predicted octanol–water partition coefficient (Wildman–Crippen LogP) is -1.38. The van der Waals surface area contributed by atoms with Crippen molar-refractivity contribution in [2.45, 2.75) is 298 Å². The average molecular weight is 1640 g/mol. The van der Waals surface area contributed by atoms with Gasteiger partial charge in [-0.1, -0.05) is 72.2 Å². The van der Waals surface area contributed by atoms with Crippen molar-refractivity contribution in [1.82, 2.24) is 79.8 Å². The number of thioether (sulfide) groups is 2. The maximum absolute atomic E-state index is 15.4. The van der Waals surface area contributed by atoms with E-state index in [9.17, 15) is 63.9 Å². The fourth-order valence-electron chi connectivity index (χ4n) is 15.7. The van der Waals surface area contributed by atoms with Crippen LogP contribution in [0.15, 0.2) is 24.3 Å². The minimum absolute atomic E-state index is 0.00550. The van der Waals surface area contributed by atoms with Gasteiger partial charge in [-0.3, -0.25) is 62.3 Å². The van der Waals surface area contributed by atoms with Gasteiger partial charge in [-0.05, 0) is 183 Å². The maximum Gasteiger partial charge on any atom is 0.303 e. The zero-order chi connectivity index (χ0) is 83.7. The van der Waals surface area contributed by atoms with Crippen LogP contribution in [0.5, 0.6) is 0 Å². The lowest BCUT2D eigenvalue weighted by molar-refractivity contribution is -0.141. The Bertz CT molecular complexity index is 3440. The summed E-state index contributed by atoms with van der Waals surface area (Å²) < 4.78 is 0. The van der Waals surface area contributed by atoms with Gasteiger partial charge in [0.25, 0.3) is 0 Å². The Morgan fingerprint density at radius 2 is 1.09 bits per heavy atom. The first-order valence-corrected chi connectivity index (χ1v) is 43.0. The summed E-state index contributed by atoms with van der Waals surface area (Å²) in [6.07, 6.45) is -0.463. The number of hydrogen-bond donors (Lipinski definition) is 21. The molecule has 36 heteroatoms. The van der Waals surface area contributed by atoms with Gasteiger partial charge in [-0.25, -0.2) is 0 Å². The minimum atomic E-state index is -1.98. The predicted molar refractivity (Wildman–Crippen MR) is 428 cm³/mol. The van der Waals surface area contributed by atoms with Gasteiger partial charge in [0.1, 0.15) is 66.0 Å². The fraction of sp³-hybridized carbons (Fsp3) is 0.756. The first-order chi connectivity index (χ1) is 53.9. The SMILES string of the molecule is CCC[C@@H]1NC(=O)[C@H](CC2CCC(O)CC2)NC(=O)[C@H](CCC(=O)O)NC(=O)[C@](C)(C(C)C)NC(=O)[C@H](CC2CNC3NCCCC23)NC(=O)[C@H]([C@@H](C)O)NC(=O)[C@H](CC2CNCN2)NC(=O)[C@H](CC2CCC(O)CC2)NC(=O)[C@H](C(C)(C)C)NC(=O)CCSCc2cccc(c2)CSC[C@@H](C(N)=O)NC(=O)[C@H]([C@@H](C)O)NC1=O. The second-order valence-corrected chi connectivity index (χ2v) is 35.7. The van der Waals surface area contributed by atoms with Crippen LogP contribution in [0.1, 0.15) is 195 Å². The monoisotopic (exact) mass is 1640 g/mol. The molecule has 17 atom stereocenters. The summed E-state index contributed by atoms with van der Waals surface area (Å²) in [6.45, 7) is 15.9. The van der Waals surface area contributed by atoms with Crippen LogP contribution >= 0.6 is 23.5 Å². The van der Waals surface area contributed by atoms with Gasteiger partial charge in [-0.15, -0.1) is 0 Å². The van der Waals surface area contributed by atoms with Gasteiger partial charge >= 0.3 is 5.97 Å². The number of fused-ring (bicyclic) bond motifs is 3. The highest BCUT2D eigenvalue weighted by Crippen LogP contribution is 2.34. The van der Waals surface area contributed by atoms with Crippen LogP contribution in [0, 0.1) is 35.0 Å². The molecule has 0 radical (unpaired) electrons. The van der Waals surface area contributed by atoms with Gasteiger partial charge in [0, 0.05) is 55.1 Å². The molecule has 2 saturated carbocycles. The molecule has 4 aliphatic heterocycles.